The van der Waals surface area contributed by atoms with Gasteiger partial charge in [0.15, 0.2) is 6.79 Å². The average molecular weight is 667 g/mol. The van der Waals surface area contributed by atoms with Crippen molar-refractivity contribution < 1.29 is 32.8 Å². The molecule has 3 atom stereocenters. The summed E-state index contributed by atoms with van der Waals surface area (Å²) in [5.74, 6) is -2.01. The molecule has 2 aliphatic heterocycles. The third-order valence-corrected chi connectivity index (χ3v) is 9.47. The molecule has 1 N–H and O–H groups in total. The molecule has 0 aliphatic carbocycles. The zero-order valence-electron chi connectivity index (χ0n) is 26.2. The van der Waals surface area contributed by atoms with Gasteiger partial charge >= 0.3 is 0 Å². The fourth-order valence-electron chi connectivity index (χ4n) is 6.22. The first-order chi connectivity index (χ1) is 22.5. The van der Waals surface area contributed by atoms with E-state index < -0.39 is 31.2 Å². The first kappa shape index (κ1) is 32.7. The Kier molecular flexibility index (Phi) is 9.12. The molecule has 1 unspecified atom stereocenters. The van der Waals surface area contributed by atoms with Crippen molar-refractivity contribution in [3.63, 3.8) is 0 Å². The number of ether oxygens (including phenoxy) is 1. The highest BCUT2D eigenvalue weighted by atomic mass is 32.2. The molecule has 0 spiro atoms. The minimum atomic E-state index is -1.53. The second-order valence-electron chi connectivity index (χ2n) is 11.6. The van der Waals surface area contributed by atoms with Gasteiger partial charge in [-0.15, -0.1) is 11.8 Å². The Morgan fingerprint density at radius 2 is 2.00 bits per heavy atom. The van der Waals surface area contributed by atoms with E-state index in [1.807, 2.05) is 45.3 Å². The summed E-state index contributed by atoms with van der Waals surface area (Å²) in [7, 11) is 1.82. The summed E-state index contributed by atoms with van der Waals surface area (Å²) in [4.78, 5) is 24.0. The smallest absolute Gasteiger partial charge is 0.246 e. The van der Waals surface area contributed by atoms with Crippen LogP contribution in [-0.4, -0.2) is 66.3 Å². The fraction of sp³-hybridized carbons (Fsp3) is 0.333. The summed E-state index contributed by atoms with van der Waals surface area (Å²) < 4.78 is 55.1. The summed E-state index contributed by atoms with van der Waals surface area (Å²) >= 11 is 1.25. The molecule has 0 fully saturated rings. The molecule has 246 valence electrons. The van der Waals surface area contributed by atoms with Gasteiger partial charge in [0.05, 0.1) is 47.1 Å². The molecule has 2 aliphatic rings. The standard InChI is InChI=1S/C33H33F3N6O4S/c1-6-28(43)41-12-18(3)42-27(19(41)4)11-26(39-42)32-29(22(14-45-16-46-44)23(35)9-17(2)34)30-24(36)15-47-33(30)31(37-32)20-7-8-21-13-40(5)38-25(21)10-20/h6-11,13,18-19,24,44H,1,12,14-16H2,2-5H3/b17-9+,23-22?/t18-,19+,24?/m0/s1. The van der Waals surface area contributed by atoms with Crippen LogP contribution in [0.5, 0.6) is 0 Å². The van der Waals surface area contributed by atoms with Crippen molar-refractivity contribution in [3.8, 4) is 22.6 Å². The van der Waals surface area contributed by atoms with Crippen LogP contribution in [0.1, 0.15) is 55.8 Å². The minimum Gasteiger partial charge on any atom is -0.347 e. The number of rotatable bonds is 9. The SMILES string of the molecule is C=CC(=O)N1C[C@H](C)n2nc(-c3nc(-c4ccc5cn(C)nc5c4)c4c(c3C(COCOO)=C(F)/C=C(\C)F)C(F)CS4)cc2[C@H]1C. The first-order valence-electron chi connectivity index (χ1n) is 14.9. The van der Waals surface area contributed by atoms with E-state index in [2.05, 4.69) is 16.6 Å². The normalized spacial score (nSPS) is 20.0. The van der Waals surface area contributed by atoms with Crippen molar-refractivity contribution in [2.75, 3.05) is 25.7 Å². The summed E-state index contributed by atoms with van der Waals surface area (Å²) in [6.07, 6.45) is 2.30. The van der Waals surface area contributed by atoms with E-state index in [4.69, 9.17) is 20.1 Å². The number of amides is 1. The van der Waals surface area contributed by atoms with Gasteiger partial charge < -0.3 is 9.64 Å². The number of hydrogen-bond donors (Lipinski definition) is 1. The highest BCUT2D eigenvalue weighted by Crippen LogP contribution is 2.51. The largest absolute Gasteiger partial charge is 0.347 e. The Labute approximate surface area is 273 Å². The molecule has 6 rings (SSSR count). The molecule has 0 saturated carbocycles. The van der Waals surface area contributed by atoms with Gasteiger partial charge in [-0.25, -0.2) is 28.3 Å². The van der Waals surface area contributed by atoms with E-state index in [9.17, 15) is 9.18 Å². The van der Waals surface area contributed by atoms with Crippen LogP contribution in [0.2, 0.25) is 0 Å². The van der Waals surface area contributed by atoms with Crippen molar-refractivity contribution in [1.82, 2.24) is 29.4 Å². The lowest BCUT2D eigenvalue weighted by molar-refractivity contribution is -0.293. The molecular weight excluding hydrogens is 633 g/mol. The lowest BCUT2D eigenvalue weighted by atomic mass is 9.91. The molecule has 3 aromatic heterocycles. The zero-order chi connectivity index (χ0) is 33.6. The van der Waals surface area contributed by atoms with E-state index in [0.29, 0.717) is 45.7 Å². The number of pyridine rings is 1. The average Bonchev–Trinajstić information content (AvgIpc) is 3.76. The third-order valence-electron chi connectivity index (χ3n) is 8.31. The molecule has 14 heteroatoms. The Hall–Kier alpha value is -4.24. The van der Waals surface area contributed by atoms with Crippen molar-refractivity contribution in [2.45, 2.75) is 43.9 Å². The number of hydrogen-bond acceptors (Lipinski definition) is 8. The van der Waals surface area contributed by atoms with Gasteiger partial charge in [-0.1, -0.05) is 18.7 Å². The Balaban J connectivity index is 1.65. The van der Waals surface area contributed by atoms with Crippen LogP contribution in [0.25, 0.3) is 39.1 Å². The van der Waals surface area contributed by atoms with Crippen LogP contribution in [0, 0.1) is 0 Å². The number of thioether (sulfide) groups is 1. The van der Waals surface area contributed by atoms with E-state index >= 15 is 8.78 Å². The topological polar surface area (TPSA) is 108 Å². The van der Waals surface area contributed by atoms with E-state index in [1.54, 1.807) is 20.3 Å². The van der Waals surface area contributed by atoms with Gasteiger partial charge in [0.2, 0.25) is 5.91 Å². The van der Waals surface area contributed by atoms with Crippen molar-refractivity contribution >= 4 is 34.1 Å². The molecule has 0 bridgehead atoms. The van der Waals surface area contributed by atoms with Gasteiger partial charge in [0, 0.05) is 64.2 Å². The Morgan fingerprint density at radius 3 is 2.72 bits per heavy atom. The van der Waals surface area contributed by atoms with E-state index in [1.165, 1.54) is 17.8 Å². The van der Waals surface area contributed by atoms with Crippen molar-refractivity contribution in [3.05, 3.63) is 77.7 Å². The number of allylic oxidation sites excluding steroid dienone is 3. The number of fused-ring (bicyclic) bond motifs is 3. The summed E-state index contributed by atoms with van der Waals surface area (Å²) in [5.41, 5.74) is 3.05. The molecule has 5 heterocycles. The van der Waals surface area contributed by atoms with Crippen LogP contribution in [0.3, 0.4) is 0 Å². The van der Waals surface area contributed by atoms with Crippen LogP contribution < -0.4 is 0 Å². The molecular formula is C33H33F3N6O4S. The molecule has 0 saturated heterocycles. The lowest BCUT2D eigenvalue weighted by Gasteiger charge is -2.36. The number of aryl methyl sites for hydroxylation is 1. The molecule has 0 radical (unpaired) electrons. The minimum absolute atomic E-state index is 0.0478. The maximum absolute atomic E-state index is 16.1. The quantitative estimate of drug-likeness (QED) is 0.0496. The van der Waals surface area contributed by atoms with Gasteiger partial charge in [0.1, 0.15) is 17.7 Å². The van der Waals surface area contributed by atoms with Gasteiger partial charge in [-0.3, -0.25) is 14.2 Å². The van der Waals surface area contributed by atoms with Crippen LogP contribution in [0.15, 0.2) is 65.7 Å². The molecule has 10 nitrogen and oxygen atoms in total. The zero-order valence-corrected chi connectivity index (χ0v) is 27.0. The van der Waals surface area contributed by atoms with Gasteiger partial charge in [-0.2, -0.15) is 10.2 Å². The molecule has 1 amide bonds. The molecule has 4 aromatic rings. The van der Waals surface area contributed by atoms with E-state index in [0.717, 1.165) is 12.3 Å². The third kappa shape index (κ3) is 6.02. The maximum atomic E-state index is 16.1. The number of carbonyl (C=O) groups is 1. The maximum Gasteiger partial charge on any atom is 0.246 e. The number of nitrogens with zero attached hydrogens (tertiary/aromatic N) is 6. The molecule has 47 heavy (non-hydrogen) atoms. The van der Waals surface area contributed by atoms with Gasteiger partial charge in [0.25, 0.3) is 0 Å². The van der Waals surface area contributed by atoms with Crippen LogP contribution >= 0.6 is 11.8 Å². The highest BCUT2D eigenvalue weighted by Gasteiger charge is 2.37. The summed E-state index contributed by atoms with van der Waals surface area (Å²) in [5, 5.41) is 19.2. The number of aromatic nitrogens is 5. The Morgan fingerprint density at radius 1 is 1.21 bits per heavy atom. The van der Waals surface area contributed by atoms with Crippen molar-refractivity contribution in [1.29, 1.82) is 0 Å². The highest BCUT2D eigenvalue weighted by molar-refractivity contribution is 7.99. The predicted octanol–water partition coefficient (Wildman–Crippen LogP) is 7.28. The first-order valence-corrected chi connectivity index (χ1v) is 15.9. The number of carbonyl (C=O) groups excluding carboxylic acids is 1. The number of alkyl halides is 1. The monoisotopic (exact) mass is 666 g/mol. The molecule has 1 aromatic carbocycles. The van der Waals surface area contributed by atoms with E-state index in [-0.39, 0.29) is 46.1 Å². The number of benzene rings is 1. The second kappa shape index (κ2) is 13.1. The lowest BCUT2D eigenvalue weighted by Crippen LogP contribution is -2.42. The fourth-order valence-corrected chi connectivity index (χ4v) is 7.38. The number of halogens is 3. The van der Waals surface area contributed by atoms with Crippen molar-refractivity contribution in [2.24, 2.45) is 7.05 Å². The predicted molar refractivity (Wildman–Crippen MR) is 172 cm³/mol. The summed E-state index contributed by atoms with van der Waals surface area (Å²) in [6, 6.07) is 6.77. The Bertz CT molecular complexity index is 1950. The summed E-state index contributed by atoms with van der Waals surface area (Å²) in [6.45, 7) is 7.75. The van der Waals surface area contributed by atoms with Gasteiger partial charge in [-0.05, 0) is 39.0 Å². The second-order valence-corrected chi connectivity index (χ2v) is 12.6. The van der Waals surface area contributed by atoms with Crippen LogP contribution in [-0.2, 0) is 21.5 Å². The van der Waals surface area contributed by atoms with Crippen LogP contribution in [0.4, 0.5) is 13.2 Å².